The first kappa shape index (κ1) is 30.0. The van der Waals surface area contributed by atoms with Crippen LogP contribution < -0.4 is 0 Å². The third-order valence-corrected chi connectivity index (χ3v) is 9.19. The molecule has 42 heavy (non-hydrogen) atoms. The summed E-state index contributed by atoms with van der Waals surface area (Å²) in [6, 6.07) is 4.58. The molecule has 1 aromatic carbocycles. The number of nitrogens with zero attached hydrogens (tertiary/aromatic N) is 6. The number of carbonyl (C=O) groups is 2. The Bertz CT molecular complexity index is 1440. The van der Waals surface area contributed by atoms with Crippen molar-refractivity contribution in [3.63, 3.8) is 0 Å². The zero-order valence-electron chi connectivity index (χ0n) is 25.9. The summed E-state index contributed by atoms with van der Waals surface area (Å²) in [5.41, 5.74) is 4.30. The van der Waals surface area contributed by atoms with Gasteiger partial charge >= 0.3 is 6.03 Å². The van der Waals surface area contributed by atoms with E-state index in [0.717, 1.165) is 69.5 Å². The molecule has 1 atom stereocenters. The first-order valence-corrected chi connectivity index (χ1v) is 15.2. The summed E-state index contributed by atoms with van der Waals surface area (Å²) in [5, 5.41) is 1.17. The molecule has 2 saturated heterocycles. The lowest BCUT2D eigenvalue weighted by atomic mass is 9.96. The molecule has 0 bridgehead atoms. The maximum absolute atomic E-state index is 14.4. The molecule has 2 aliphatic heterocycles. The van der Waals surface area contributed by atoms with Gasteiger partial charge in [0.2, 0.25) is 0 Å². The lowest BCUT2D eigenvalue weighted by Gasteiger charge is -2.35. The summed E-state index contributed by atoms with van der Waals surface area (Å²) in [6.45, 7) is 10.9. The smallest absolute Gasteiger partial charge is 0.319 e. The Labute approximate surface area is 249 Å². The Morgan fingerprint density at radius 2 is 1.76 bits per heavy atom. The molecule has 9 heteroatoms. The number of likely N-dealkylation sites (tertiary alicyclic amines) is 2. The fourth-order valence-corrected chi connectivity index (χ4v) is 6.62. The minimum atomic E-state index is -0.425. The number of benzene rings is 1. The number of aromatic nitrogens is 2. The van der Waals surface area contributed by atoms with Crippen molar-refractivity contribution in [3.05, 3.63) is 59.3 Å². The number of halogens is 1. The number of hydrogen-bond donors (Lipinski definition) is 0. The van der Waals surface area contributed by atoms with Crippen LogP contribution in [0.1, 0.15) is 54.6 Å². The Kier molecular flexibility index (Phi) is 8.87. The Morgan fingerprint density at radius 3 is 2.45 bits per heavy atom. The SMILES string of the molecule is Cc1cncc2c1c(C[C@@H]1CCN(CC3CCN(C(=O)N(C)C)CC3)C1)cn2-c1ccc(F)cc1C(=O)N(C)C(C)C. The molecule has 2 aromatic heterocycles. The van der Waals surface area contributed by atoms with Gasteiger partial charge in [0, 0.05) is 71.1 Å². The highest BCUT2D eigenvalue weighted by atomic mass is 19.1. The minimum absolute atomic E-state index is 0.00658. The average molecular weight is 577 g/mol. The fraction of sp³-hybridized carbons (Fsp3) is 0.545. The van der Waals surface area contributed by atoms with Gasteiger partial charge in [-0.3, -0.25) is 9.78 Å². The van der Waals surface area contributed by atoms with Crippen LogP contribution in [-0.2, 0) is 6.42 Å². The first-order chi connectivity index (χ1) is 20.0. The summed E-state index contributed by atoms with van der Waals surface area (Å²) >= 11 is 0. The van der Waals surface area contributed by atoms with Gasteiger partial charge in [-0.2, -0.15) is 0 Å². The maximum atomic E-state index is 14.4. The number of aryl methyl sites for hydroxylation is 1. The second kappa shape index (κ2) is 12.4. The molecule has 8 nitrogen and oxygen atoms in total. The van der Waals surface area contributed by atoms with Gasteiger partial charge < -0.3 is 24.2 Å². The summed E-state index contributed by atoms with van der Waals surface area (Å²) < 4.78 is 16.4. The van der Waals surface area contributed by atoms with Crippen molar-refractivity contribution in [2.75, 3.05) is 53.9 Å². The van der Waals surface area contributed by atoms with Crippen molar-refractivity contribution < 1.29 is 14.0 Å². The van der Waals surface area contributed by atoms with Gasteiger partial charge in [0.1, 0.15) is 5.82 Å². The predicted molar refractivity (Wildman–Crippen MR) is 165 cm³/mol. The summed E-state index contributed by atoms with van der Waals surface area (Å²) in [7, 11) is 5.39. The van der Waals surface area contributed by atoms with E-state index in [4.69, 9.17) is 0 Å². The van der Waals surface area contributed by atoms with Crippen molar-refractivity contribution >= 4 is 22.8 Å². The quantitative estimate of drug-likeness (QED) is 0.387. The number of piperidine rings is 1. The van der Waals surface area contributed by atoms with E-state index in [2.05, 4.69) is 23.0 Å². The second-order valence-electron chi connectivity index (χ2n) is 12.8. The van der Waals surface area contributed by atoms with Gasteiger partial charge in [-0.15, -0.1) is 0 Å². The molecule has 3 amide bonds. The second-order valence-corrected chi connectivity index (χ2v) is 12.8. The molecule has 2 aliphatic rings. The molecular weight excluding hydrogens is 531 g/mol. The number of amides is 3. The van der Waals surface area contributed by atoms with E-state index in [9.17, 15) is 14.0 Å². The highest BCUT2D eigenvalue weighted by molar-refractivity contribution is 5.99. The van der Waals surface area contributed by atoms with Gasteiger partial charge in [0.05, 0.1) is 23.0 Å². The van der Waals surface area contributed by atoms with Crippen LogP contribution >= 0.6 is 0 Å². The van der Waals surface area contributed by atoms with Crippen LogP contribution in [0.4, 0.5) is 9.18 Å². The number of carbonyl (C=O) groups excluding carboxylic acids is 2. The van der Waals surface area contributed by atoms with Crippen molar-refractivity contribution in [2.24, 2.45) is 11.8 Å². The summed E-state index contributed by atoms with van der Waals surface area (Å²) in [5.74, 6) is 0.537. The highest BCUT2D eigenvalue weighted by Crippen LogP contribution is 2.33. The van der Waals surface area contributed by atoms with E-state index in [1.54, 1.807) is 22.9 Å². The van der Waals surface area contributed by atoms with Gasteiger partial charge in [-0.25, -0.2) is 9.18 Å². The standard InChI is InChI=1S/C33H45FN6O2/c1-22(2)37(6)32(41)28-16-27(34)7-8-29(28)40-21-26(31-23(3)17-35-18-30(31)40)15-25-9-12-38(20-25)19-24-10-13-39(14-11-24)33(42)36(4)5/h7-8,16-18,21-22,24-25H,9-15,19-20H2,1-6H3/t25-/m0/s1. The van der Waals surface area contributed by atoms with Gasteiger partial charge in [0.15, 0.2) is 0 Å². The van der Waals surface area contributed by atoms with Crippen LogP contribution in [-0.4, -0.2) is 101 Å². The molecule has 0 saturated carbocycles. The molecule has 0 aliphatic carbocycles. The van der Waals surface area contributed by atoms with E-state index in [0.29, 0.717) is 23.1 Å². The van der Waals surface area contributed by atoms with E-state index in [1.807, 2.05) is 49.8 Å². The fourth-order valence-electron chi connectivity index (χ4n) is 6.62. The molecular formula is C33H45FN6O2. The van der Waals surface area contributed by atoms with Crippen molar-refractivity contribution in [1.82, 2.24) is 29.2 Å². The van der Waals surface area contributed by atoms with Crippen LogP contribution in [0.2, 0.25) is 0 Å². The molecule has 0 spiro atoms. The van der Waals surface area contributed by atoms with E-state index in [-0.39, 0.29) is 18.0 Å². The van der Waals surface area contributed by atoms with E-state index >= 15 is 0 Å². The highest BCUT2D eigenvalue weighted by Gasteiger charge is 2.30. The molecule has 0 N–H and O–H groups in total. The van der Waals surface area contributed by atoms with Crippen LogP contribution in [0.5, 0.6) is 0 Å². The zero-order valence-corrected chi connectivity index (χ0v) is 25.9. The lowest BCUT2D eigenvalue weighted by Crippen LogP contribution is -2.45. The zero-order chi connectivity index (χ0) is 30.1. The number of hydrogen-bond acceptors (Lipinski definition) is 4. The van der Waals surface area contributed by atoms with Crippen LogP contribution in [0, 0.1) is 24.6 Å². The average Bonchev–Trinajstić information content (AvgIpc) is 3.57. The minimum Gasteiger partial charge on any atom is -0.339 e. The van der Waals surface area contributed by atoms with Crippen molar-refractivity contribution in [1.29, 1.82) is 0 Å². The normalized spacial score (nSPS) is 18.3. The third kappa shape index (κ3) is 6.16. The first-order valence-electron chi connectivity index (χ1n) is 15.2. The van der Waals surface area contributed by atoms with E-state index < -0.39 is 5.82 Å². The Balaban J connectivity index is 1.33. The van der Waals surface area contributed by atoms with Gasteiger partial charge in [0.25, 0.3) is 5.91 Å². The summed E-state index contributed by atoms with van der Waals surface area (Å²) in [4.78, 5) is 38.1. The maximum Gasteiger partial charge on any atom is 0.319 e. The van der Waals surface area contributed by atoms with Gasteiger partial charge in [-0.1, -0.05) is 0 Å². The molecule has 4 heterocycles. The number of pyridine rings is 1. The lowest BCUT2D eigenvalue weighted by molar-refractivity contribution is 0.0754. The topological polar surface area (TPSA) is 64.9 Å². The monoisotopic (exact) mass is 576 g/mol. The van der Waals surface area contributed by atoms with Crippen molar-refractivity contribution in [2.45, 2.75) is 52.5 Å². The number of rotatable bonds is 7. The number of urea groups is 1. The van der Waals surface area contributed by atoms with Gasteiger partial charge in [-0.05, 0) is 94.2 Å². The molecule has 2 fully saturated rings. The third-order valence-electron chi connectivity index (χ3n) is 9.19. The molecule has 0 unspecified atom stereocenters. The molecule has 0 radical (unpaired) electrons. The molecule has 226 valence electrons. The summed E-state index contributed by atoms with van der Waals surface area (Å²) in [6.07, 6.45) is 10.1. The largest absolute Gasteiger partial charge is 0.339 e. The van der Waals surface area contributed by atoms with Crippen LogP contribution in [0.15, 0.2) is 36.8 Å². The molecule has 5 rings (SSSR count). The number of fused-ring (bicyclic) bond motifs is 1. The van der Waals surface area contributed by atoms with E-state index in [1.165, 1.54) is 23.1 Å². The van der Waals surface area contributed by atoms with Crippen LogP contribution in [0.25, 0.3) is 16.6 Å². The van der Waals surface area contributed by atoms with Crippen molar-refractivity contribution in [3.8, 4) is 5.69 Å². The Morgan fingerprint density at radius 1 is 1.05 bits per heavy atom. The Hall–Kier alpha value is -3.46. The predicted octanol–water partition coefficient (Wildman–Crippen LogP) is 5.21. The molecule has 3 aromatic rings. The van der Waals surface area contributed by atoms with Crippen LogP contribution in [0.3, 0.4) is 0 Å².